The fourth-order valence-corrected chi connectivity index (χ4v) is 4.44. The van der Waals surface area contributed by atoms with E-state index in [1.165, 1.54) is 18.8 Å². The summed E-state index contributed by atoms with van der Waals surface area (Å²) >= 11 is 0. The maximum atomic E-state index is 12.9. The first kappa shape index (κ1) is 23.4. The second-order valence-corrected chi connectivity index (χ2v) is 8.81. The van der Waals surface area contributed by atoms with Crippen molar-refractivity contribution in [1.29, 1.82) is 0 Å². The number of nitrogens with two attached hydrogens (primary N) is 1. The van der Waals surface area contributed by atoms with Crippen molar-refractivity contribution in [3.05, 3.63) is 58.1 Å². The number of anilines is 1. The number of nitrogens with one attached hydrogen (secondary N) is 1. The van der Waals surface area contributed by atoms with Crippen molar-refractivity contribution in [2.75, 3.05) is 33.0 Å². The van der Waals surface area contributed by atoms with Crippen molar-refractivity contribution in [3.8, 4) is 11.5 Å². The van der Waals surface area contributed by atoms with Crippen LogP contribution in [0.4, 0.5) is 5.82 Å². The minimum atomic E-state index is -0.496. The number of hydrogen-bond acceptors (Lipinski definition) is 7. The molecule has 1 saturated heterocycles. The molecule has 4 aromatic rings. The standard InChI is InChI=1S/C26H27N5O5/c1-35-22-13-17-19(14-23(22)36-2)29-26(34)31(24(17)27)10-3-5-21(32)20-12-16-11-15(6-7-18(16)28-20)25(33)30-8-4-9-30/h6-7,11-14,28H,3-5,8-10,27H2,1-2H3. The second-order valence-electron chi connectivity index (χ2n) is 8.81. The molecule has 0 bridgehead atoms. The van der Waals surface area contributed by atoms with Crippen LogP contribution in [0.25, 0.3) is 21.8 Å². The van der Waals surface area contributed by atoms with Gasteiger partial charge in [-0.1, -0.05) is 0 Å². The van der Waals surface area contributed by atoms with E-state index in [4.69, 9.17) is 15.2 Å². The number of rotatable bonds is 8. The van der Waals surface area contributed by atoms with Gasteiger partial charge in [0, 0.05) is 54.0 Å². The van der Waals surface area contributed by atoms with E-state index in [0.717, 1.165) is 30.4 Å². The molecule has 1 aliphatic heterocycles. The number of hydrogen-bond donors (Lipinski definition) is 2. The molecule has 2 aromatic carbocycles. The molecule has 5 rings (SSSR count). The number of aromatic amines is 1. The summed E-state index contributed by atoms with van der Waals surface area (Å²) in [6.07, 6.45) is 1.65. The Balaban J connectivity index is 1.30. The number of benzene rings is 2. The van der Waals surface area contributed by atoms with Gasteiger partial charge in [-0.2, -0.15) is 4.98 Å². The highest BCUT2D eigenvalue weighted by atomic mass is 16.5. The van der Waals surface area contributed by atoms with Crippen LogP contribution >= 0.6 is 0 Å². The van der Waals surface area contributed by atoms with Crippen molar-refractivity contribution in [3.63, 3.8) is 0 Å². The average molecular weight is 490 g/mol. The molecule has 0 aliphatic carbocycles. The summed E-state index contributed by atoms with van der Waals surface area (Å²) in [6.45, 7) is 1.81. The SMILES string of the molecule is COc1cc2nc(=O)n(CCCC(=O)c3cc4cc(C(=O)N5CCC5)ccc4[nH]3)c(N)c2cc1OC. The summed E-state index contributed by atoms with van der Waals surface area (Å²) in [7, 11) is 3.02. The predicted molar refractivity (Wildman–Crippen MR) is 136 cm³/mol. The van der Waals surface area contributed by atoms with Crippen molar-refractivity contribution < 1.29 is 19.1 Å². The Labute approximate surface area is 206 Å². The smallest absolute Gasteiger partial charge is 0.349 e. The first-order valence-electron chi connectivity index (χ1n) is 11.8. The minimum absolute atomic E-state index is 0.0142. The van der Waals surface area contributed by atoms with Crippen molar-refractivity contribution in [2.45, 2.75) is 25.8 Å². The van der Waals surface area contributed by atoms with Gasteiger partial charge < -0.3 is 25.1 Å². The Morgan fingerprint density at radius 1 is 1.08 bits per heavy atom. The highest BCUT2D eigenvalue weighted by molar-refractivity contribution is 6.02. The molecule has 0 saturated carbocycles. The Morgan fingerprint density at radius 2 is 1.83 bits per heavy atom. The number of likely N-dealkylation sites (tertiary alicyclic amines) is 1. The number of H-pyrrole nitrogens is 1. The molecule has 0 radical (unpaired) electrons. The van der Waals surface area contributed by atoms with E-state index in [-0.39, 0.29) is 30.5 Å². The maximum Gasteiger partial charge on any atom is 0.349 e. The average Bonchev–Trinajstić information content (AvgIpc) is 3.27. The zero-order chi connectivity index (χ0) is 25.4. The normalized spacial score (nSPS) is 13.1. The van der Waals surface area contributed by atoms with Gasteiger partial charge in [-0.05, 0) is 43.2 Å². The molecule has 1 fully saturated rings. The molecule has 0 atom stereocenters. The molecular formula is C26H27N5O5. The van der Waals surface area contributed by atoms with Gasteiger partial charge in [-0.15, -0.1) is 0 Å². The highest BCUT2D eigenvalue weighted by Gasteiger charge is 2.22. The first-order chi connectivity index (χ1) is 17.4. The Bertz CT molecular complexity index is 1550. The zero-order valence-corrected chi connectivity index (χ0v) is 20.2. The molecule has 2 aromatic heterocycles. The van der Waals surface area contributed by atoms with Gasteiger partial charge in [0.15, 0.2) is 17.3 Å². The minimum Gasteiger partial charge on any atom is -0.493 e. The van der Waals surface area contributed by atoms with E-state index >= 15 is 0 Å². The number of ketones is 1. The van der Waals surface area contributed by atoms with Crippen LogP contribution in [0.3, 0.4) is 0 Å². The number of ether oxygens (including phenoxy) is 2. The highest BCUT2D eigenvalue weighted by Crippen LogP contribution is 2.33. The molecule has 10 nitrogen and oxygen atoms in total. The molecule has 186 valence electrons. The van der Waals surface area contributed by atoms with E-state index in [1.807, 2.05) is 17.0 Å². The number of nitrogens with zero attached hydrogens (tertiary/aromatic N) is 3. The van der Waals surface area contributed by atoms with Gasteiger partial charge in [-0.3, -0.25) is 14.2 Å². The lowest BCUT2D eigenvalue weighted by Gasteiger charge is -2.30. The number of carbonyl (C=O) groups excluding carboxylic acids is 2. The van der Waals surface area contributed by atoms with Crippen LogP contribution < -0.4 is 20.9 Å². The Hall–Kier alpha value is -4.34. The van der Waals surface area contributed by atoms with Crippen LogP contribution in [0.1, 0.15) is 40.1 Å². The van der Waals surface area contributed by atoms with Crippen LogP contribution in [0.15, 0.2) is 41.2 Å². The number of methoxy groups -OCH3 is 2. The van der Waals surface area contributed by atoms with Gasteiger partial charge in [-0.25, -0.2) is 4.79 Å². The van der Waals surface area contributed by atoms with Crippen LogP contribution in [-0.2, 0) is 6.54 Å². The van der Waals surface area contributed by atoms with E-state index in [1.54, 1.807) is 24.3 Å². The number of fused-ring (bicyclic) bond motifs is 2. The summed E-state index contributed by atoms with van der Waals surface area (Å²) in [5.74, 6) is 1.11. The van der Waals surface area contributed by atoms with Crippen LogP contribution in [0.2, 0.25) is 0 Å². The fourth-order valence-electron chi connectivity index (χ4n) is 4.44. The number of carbonyl (C=O) groups is 2. The van der Waals surface area contributed by atoms with Gasteiger partial charge in [0.1, 0.15) is 5.82 Å². The van der Waals surface area contributed by atoms with Crippen molar-refractivity contribution in [1.82, 2.24) is 19.4 Å². The molecule has 36 heavy (non-hydrogen) atoms. The van der Waals surface area contributed by atoms with Gasteiger partial charge in [0.05, 0.1) is 25.4 Å². The largest absolute Gasteiger partial charge is 0.493 e. The molecule has 3 N–H and O–H groups in total. The predicted octanol–water partition coefficient (Wildman–Crippen LogP) is 2.99. The molecule has 0 unspecified atom stereocenters. The van der Waals surface area contributed by atoms with Crippen LogP contribution in [0.5, 0.6) is 11.5 Å². The molecule has 1 aliphatic rings. The van der Waals surface area contributed by atoms with E-state index in [2.05, 4.69) is 9.97 Å². The summed E-state index contributed by atoms with van der Waals surface area (Å²) in [5, 5.41) is 1.38. The lowest BCUT2D eigenvalue weighted by Crippen LogP contribution is -2.41. The van der Waals surface area contributed by atoms with Gasteiger partial charge in [0.25, 0.3) is 5.91 Å². The summed E-state index contributed by atoms with van der Waals surface area (Å²) in [6, 6.07) is 10.5. The van der Waals surface area contributed by atoms with Gasteiger partial charge >= 0.3 is 5.69 Å². The van der Waals surface area contributed by atoms with E-state index < -0.39 is 5.69 Å². The second kappa shape index (κ2) is 9.37. The van der Waals surface area contributed by atoms with Crippen molar-refractivity contribution in [2.24, 2.45) is 0 Å². The third-order valence-electron chi connectivity index (χ3n) is 6.61. The lowest BCUT2D eigenvalue weighted by molar-refractivity contribution is 0.0652. The van der Waals surface area contributed by atoms with Crippen LogP contribution in [0, 0.1) is 0 Å². The van der Waals surface area contributed by atoms with E-state index in [0.29, 0.717) is 40.1 Å². The Kier molecular flexibility index (Phi) is 6.09. The summed E-state index contributed by atoms with van der Waals surface area (Å²) < 4.78 is 12.0. The zero-order valence-electron chi connectivity index (χ0n) is 20.2. The number of nitrogen functional groups attached to an aromatic ring is 1. The number of Topliss-reactive ketones (excluding diaryl/α,β-unsaturated/α-hetero) is 1. The van der Waals surface area contributed by atoms with Gasteiger partial charge in [0.2, 0.25) is 0 Å². The Morgan fingerprint density at radius 3 is 2.53 bits per heavy atom. The maximum absolute atomic E-state index is 12.9. The topological polar surface area (TPSA) is 133 Å². The van der Waals surface area contributed by atoms with Crippen molar-refractivity contribution >= 4 is 39.3 Å². The third kappa shape index (κ3) is 4.15. The quantitative estimate of drug-likeness (QED) is 0.364. The molecule has 10 heteroatoms. The molecule has 0 spiro atoms. The number of amides is 1. The molecule has 3 heterocycles. The summed E-state index contributed by atoms with van der Waals surface area (Å²) in [4.78, 5) is 47.0. The number of aromatic nitrogens is 3. The molecule has 1 amide bonds. The fraction of sp³-hybridized carbons (Fsp3) is 0.308. The monoisotopic (exact) mass is 489 g/mol. The third-order valence-corrected chi connectivity index (χ3v) is 6.61. The van der Waals surface area contributed by atoms with Crippen LogP contribution in [-0.4, -0.2) is 58.4 Å². The first-order valence-corrected chi connectivity index (χ1v) is 11.8. The molecular weight excluding hydrogens is 462 g/mol. The summed E-state index contributed by atoms with van der Waals surface area (Å²) in [5.41, 5.74) is 8.08. The van der Waals surface area contributed by atoms with E-state index in [9.17, 15) is 14.4 Å². The lowest BCUT2D eigenvalue weighted by atomic mass is 10.1.